The number of rotatable bonds is 6. The van der Waals surface area contributed by atoms with Gasteiger partial charge in [0.2, 0.25) is 15.9 Å². The second-order valence-electron chi connectivity index (χ2n) is 6.95. The second-order valence-corrected chi connectivity index (χ2v) is 8.89. The van der Waals surface area contributed by atoms with Gasteiger partial charge in [-0.3, -0.25) is 4.79 Å². The molecule has 6 nitrogen and oxygen atoms in total. The normalized spacial score (nSPS) is 20.2. The van der Waals surface area contributed by atoms with Gasteiger partial charge in [-0.05, 0) is 61.4 Å². The minimum atomic E-state index is -4.84. The van der Waals surface area contributed by atoms with Gasteiger partial charge in [0.1, 0.15) is 5.75 Å². The van der Waals surface area contributed by atoms with Crippen LogP contribution in [0, 0.1) is 5.92 Å². The molecule has 0 unspecified atom stereocenters. The predicted molar refractivity (Wildman–Crippen MR) is 94.9 cm³/mol. The van der Waals surface area contributed by atoms with Crippen LogP contribution in [0.2, 0.25) is 0 Å². The predicted octanol–water partition coefficient (Wildman–Crippen LogP) is 2.82. The summed E-state index contributed by atoms with van der Waals surface area (Å²) in [4.78, 5) is 11.8. The smallest absolute Gasteiger partial charge is 0.406 e. The standard InChI is InChI=1S/C18H21F3N2O4S/c19-18(20,21)27-15-5-7-16(8-6-15)28(25,26)23-9-1-2-14(12-23)10-17(24)22-11-13-3-4-13/h5-8,10,13H,1-4,9,11-12H2,(H,22,24)/b14-10-. The van der Waals surface area contributed by atoms with Crippen molar-refractivity contribution in [1.82, 2.24) is 9.62 Å². The number of carbonyl (C=O) groups excluding carboxylic acids is 1. The highest BCUT2D eigenvalue weighted by Gasteiger charge is 2.32. The molecule has 1 heterocycles. The molecule has 1 aromatic carbocycles. The molecule has 1 amide bonds. The zero-order valence-corrected chi connectivity index (χ0v) is 15.9. The summed E-state index contributed by atoms with van der Waals surface area (Å²) < 4.78 is 67.2. The van der Waals surface area contributed by atoms with Crippen LogP contribution in [0.15, 0.2) is 40.8 Å². The van der Waals surface area contributed by atoms with Gasteiger partial charge in [-0.1, -0.05) is 0 Å². The highest BCUT2D eigenvalue weighted by Crippen LogP contribution is 2.28. The first-order valence-electron chi connectivity index (χ1n) is 8.97. The van der Waals surface area contributed by atoms with Gasteiger partial charge in [-0.25, -0.2) is 8.42 Å². The number of ether oxygens (including phenoxy) is 1. The van der Waals surface area contributed by atoms with Gasteiger partial charge in [0.05, 0.1) is 4.90 Å². The molecule has 2 aliphatic rings. The van der Waals surface area contributed by atoms with Crippen molar-refractivity contribution in [3.05, 3.63) is 35.9 Å². The summed E-state index contributed by atoms with van der Waals surface area (Å²) in [6, 6.07) is 4.09. The van der Waals surface area contributed by atoms with Crippen molar-refractivity contribution < 1.29 is 31.1 Å². The molecule has 0 radical (unpaired) electrons. The Hall–Kier alpha value is -2.07. The van der Waals surface area contributed by atoms with Gasteiger partial charge >= 0.3 is 6.36 Å². The fourth-order valence-corrected chi connectivity index (χ4v) is 4.44. The number of hydrogen-bond acceptors (Lipinski definition) is 4. The Kier molecular flexibility index (Phi) is 5.99. The van der Waals surface area contributed by atoms with E-state index in [9.17, 15) is 26.4 Å². The van der Waals surface area contributed by atoms with Crippen LogP contribution in [-0.2, 0) is 14.8 Å². The van der Waals surface area contributed by atoms with E-state index in [4.69, 9.17) is 0 Å². The van der Waals surface area contributed by atoms with E-state index < -0.39 is 22.1 Å². The number of piperidine rings is 1. The first kappa shape index (κ1) is 20.7. The SMILES string of the molecule is O=C(/C=C1/CCCN(S(=O)(=O)c2ccc(OC(F)(F)F)cc2)C1)NCC1CC1. The van der Waals surface area contributed by atoms with Crippen molar-refractivity contribution in [2.24, 2.45) is 5.92 Å². The minimum Gasteiger partial charge on any atom is -0.406 e. The average Bonchev–Trinajstić information content (AvgIpc) is 3.44. The average molecular weight is 418 g/mol. The molecule has 3 rings (SSSR count). The molecule has 1 N–H and O–H groups in total. The summed E-state index contributed by atoms with van der Waals surface area (Å²) >= 11 is 0. The largest absolute Gasteiger partial charge is 0.573 e. The number of benzene rings is 1. The summed E-state index contributed by atoms with van der Waals surface area (Å²) in [7, 11) is -3.88. The van der Waals surface area contributed by atoms with E-state index in [2.05, 4.69) is 10.1 Å². The molecule has 10 heteroatoms. The van der Waals surface area contributed by atoms with Crippen LogP contribution >= 0.6 is 0 Å². The monoisotopic (exact) mass is 418 g/mol. The Morgan fingerprint density at radius 2 is 1.93 bits per heavy atom. The van der Waals surface area contributed by atoms with Gasteiger partial charge in [-0.2, -0.15) is 4.31 Å². The summed E-state index contributed by atoms with van der Waals surface area (Å²) in [5.74, 6) is -0.164. The van der Waals surface area contributed by atoms with E-state index in [-0.39, 0.29) is 23.9 Å². The van der Waals surface area contributed by atoms with Crippen LogP contribution in [0.25, 0.3) is 0 Å². The molecule has 0 aromatic heterocycles. The Labute approximate surface area is 161 Å². The van der Waals surface area contributed by atoms with E-state index in [1.165, 1.54) is 10.4 Å². The molecule has 0 spiro atoms. The Bertz CT molecular complexity index is 847. The molecular formula is C18H21F3N2O4S. The second kappa shape index (κ2) is 8.12. The molecule has 1 aliphatic carbocycles. The molecule has 2 fully saturated rings. The third-order valence-corrected chi connectivity index (χ3v) is 6.44. The molecule has 1 aliphatic heterocycles. The lowest BCUT2D eigenvalue weighted by molar-refractivity contribution is -0.274. The fraction of sp³-hybridized carbons (Fsp3) is 0.500. The summed E-state index contributed by atoms with van der Waals surface area (Å²) in [6.07, 6.45) is 0.0418. The van der Waals surface area contributed by atoms with Crippen LogP contribution in [0.4, 0.5) is 13.2 Å². The maximum atomic E-state index is 12.8. The third-order valence-electron chi connectivity index (χ3n) is 4.58. The van der Waals surface area contributed by atoms with Crippen LogP contribution in [0.1, 0.15) is 25.7 Å². The van der Waals surface area contributed by atoms with Gasteiger partial charge in [0.15, 0.2) is 0 Å². The topological polar surface area (TPSA) is 75.7 Å². The molecular weight excluding hydrogens is 397 g/mol. The van der Waals surface area contributed by atoms with Gasteiger partial charge in [0, 0.05) is 25.7 Å². The molecule has 1 saturated carbocycles. The van der Waals surface area contributed by atoms with Crippen LogP contribution in [0.5, 0.6) is 5.75 Å². The Morgan fingerprint density at radius 1 is 1.25 bits per heavy atom. The number of hydrogen-bond donors (Lipinski definition) is 1. The van der Waals surface area contributed by atoms with Crippen LogP contribution in [0.3, 0.4) is 0 Å². The number of sulfonamides is 1. The zero-order chi connectivity index (χ0) is 20.4. The van der Waals surface area contributed by atoms with E-state index in [0.29, 0.717) is 30.9 Å². The maximum absolute atomic E-state index is 12.8. The number of amides is 1. The van der Waals surface area contributed by atoms with Crippen molar-refractivity contribution in [2.75, 3.05) is 19.6 Å². The number of halogens is 3. The molecule has 1 aromatic rings. The summed E-state index contributed by atoms with van der Waals surface area (Å²) in [6.45, 7) is 1.00. The van der Waals surface area contributed by atoms with Crippen LogP contribution < -0.4 is 10.1 Å². The number of alkyl halides is 3. The van der Waals surface area contributed by atoms with Gasteiger partial charge in [-0.15, -0.1) is 13.2 Å². The van der Waals surface area contributed by atoms with Gasteiger partial charge < -0.3 is 10.1 Å². The third kappa shape index (κ3) is 5.71. The zero-order valence-electron chi connectivity index (χ0n) is 15.0. The molecule has 0 atom stereocenters. The van der Waals surface area contributed by atoms with Crippen molar-refractivity contribution >= 4 is 15.9 Å². The van der Waals surface area contributed by atoms with E-state index in [1.807, 2.05) is 0 Å². The highest BCUT2D eigenvalue weighted by atomic mass is 32.2. The van der Waals surface area contributed by atoms with Crippen molar-refractivity contribution in [2.45, 2.75) is 36.9 Å². The lowest BCUT2D eigenvalue weighted by atomic mass is 10.1. The Balaban J connectivity index is 1.66. The van der Waals surface area contributed by atoms with Gasteiger partial charge in [0.25, 0.3) is 0 Å². The van der Waals surface area contributed by atoms with Crippen LogP contribution in [-0.4, -0.2) is 44.6 Å². The number of nitrogens with one attached hydrogen (secondary N) is 1. The lowest BCUT2D eigenvalue weighted by Crippen LogP contribution is -2.37. The molecule has 28 heavy (non-hydrogen) atoms. The minimum absolute atomic E-state index is 0.0833. The highest BCUT2D eigenvalue weighted by molar-refractivity contribution is 7.89. The Morgan fingerprint density at radius 3 is 2.54 bits per heavy atom. The maximum Gasteiger partial charge on any atom is 0.573 e. The van der Waals surface area contributed by atoms with Crippen molar-refractivity contribution in [3.8, 4) is 5.75 Å². The fourth-order valence-electron chi connectivity index (χ4n) is 2.96. The number of nitrogens with zero attached hydrogens (tertiary/aromatic N) is 1. The summed E-state index contributed by atoms with van der Waals surface area (Å²) in [5, 5.41) is 2.81. The first-order valence-corrected chi connectivity index (χ1v) is 10.4. The van der Waals surface area contributed by atoms with E-state index in [0.717, 1.165) is 37.1 Å². The lowest BCUT2D eigenvalue weighted by Gasteiger charge is -2.28. The quantitative estimate of drug-likeness (QED) is 0.721. The number of carbonyl (C=O) groups is 1. The molecule has 154 valence electrons. The summed E-state index contributed by atoms with van der Waals surface area (Å²) in [5.41, 5.74) is 0.708. The van der Waals surface area contributed by atoms with Crippen molar-refractivity contribution in [3.63, 3.8) is 0 Å². The van der Waals surface area contributed by atoms with E-state index in [1.54, 1.807) is 0 Å². The van der Waals surface area contributed by atoms with Crippen molar-refractivity contribution in [1.29, 1.82) is 0 Å². The van der Waals surface area contributed by atoms with E-state index >= 15 is 0 Å². The molecule has 0 bridgehead atoms. The first-order chi connectivity index (χ1) is 13.1. The molecule has 1 saturated heterocycles.